The molecule has 4 rings (SSSR count). The van der Waals surface area contributed by atoms with Crippen LogP contribution in [0, 0.1) is 0 Å². The molecule has 3 aromatic carbocycles. The van der Waals surface area contributed by atoms with Crippen molar-refractivity contribution < 1.29 is 29.0 Å². The summed E-state index contributed by atoms with van der Waals surface area (Å²) < 4.78 is 10.7. The molecule has 1 aliphatic rings. The van der Waals surface area contributed by atoms with E-state index in [4.69, 9.17) is 21.1 Å². The third-order valence-corrected chi connectivity index (χ3v) is 6.56. The van der Waals surface area contributed by atoms with E-state index in [1.807, 2.05) is 54.6 Å². The van der Waals surface area contributed by atoms with Crippen molar-refractivity contribution in [2.75, 3.05) is 7.11 Å². The first-order valence-corrected chi connectivity index (χ1v) is 12.1. The lowest BCUT2D eigenvalue weighted by atomic mass is 9.93. The minimum atomic E-state index is -1.23. The highest BCUT2D eigenvalue weighted by Gasteiger charge is 2.37. The van der Waals surface area contributed by atoms with Crippen molar-refractivity contribution in [2.24, 2.45) is 0 Å². The second-order valence-electron chi connectivity index (χ2n) is 8.73. The molecule has 0 aromatic heterocycles. The normalized spacial score (nSPS) is 15.3. The van der Waals surface area contributed by atoms with Gasteiger partial charge < -0.3 is 19.9 Å². The summed E-state index contributed by atoms with van der Waals surface area (Å²) in [6.45, 7) is 0.232. The molecule has 0 fully saturated rings. The van der Waals surface area contributed by atoms with Crippen LogP contribution >= 0.6 is 11.6 Å². The quantitative estimate of drug-likeness (QED) is 0.459. The first kappa shape index (κ1) is 26.0. The number of hydrogen-bond acceptors (Lipinski definition) is 5. The Labute approximate surface area is 219 Å². The molecule has 2 amide bonds. The van der Waals surface area contributed by atoms with E-state index >= 15 is 0 Å². The van der Waals surface area contributed by atoms with E-state index in [0.29, 0.717) is 16.3 Å². The fraction of sp³-hybridized carbons (Fsp3) is 0.250. The molecule has 0 unspecified atom stereocenters. The largest absolute Gasteiger partial charge is 0.495 e. The van der Waals surface area contributed by atoms with Crippen LogP contribution < -0.4 is 10.1 Å². The maximum Gasteiger partial charge on any atom is 0.411 e. The molecule has 3 aromatic rings. The van der Waals surface area contributed by atoms with Crippen LogP contribution in [0.4, 0.5) is 4.79 Å². The highest BCUT2D eigenvalue weighted by Crippen LogP contribution is 2.27. The molecule has 0 bridgehead atoms. The summed E-state index contributed by atoms with van der Waals surface area (Å²) in [6.07, 6.45) is -0.400. The maximum atomic E-state index is 13.4. The topological polar surface area (TPSA) is 105 Å². The van der Waals surface area contributed by atoms with Gasteiger partial charge in [-0.2, -0.15) is 0 Å². The SMILES string of the molecule is COc1ccc(C[C@H](NC(=O)[C@@H]2Cc3ccccc3CN2C(=O)OCc2ccccc2)C(=O)O)cc1Cl. The van der Waals surface area contributed by atoms with E-state index in [2.05, 4.69) is 5.32 Å². The summed E-state index contributed by atoms with van der Waals surface area (Å²) in [7, 11) is 1.49. The van der Waals surface area contributed by atoms with E-state index in [-0.39, 0.29) is 26.0 Å². The van der Waals surface area contributed by atoms with Gasteiger partial charge in [0.05, 0.1) is 18.7 Å². The molecule has 2 N–H and O–H groups in total. The molecule has 0 radical (unpaired) electrons. The lowest BCUT2D eigenvalue weighted by Crippen LogP contribution is -2.56. The van der Waals surface area contributed by atoms with Gasteiger partial charge in [-0.05, 0) is 34.4 Å². The molecule has 0 saturated heterocycles. The number of rotatable bonds is 8. The third-order valence-electron chi connectivity index (χ3n) is 6.26. The fourth-order valence-electron chi connectivity index (χ4n) is 4.29. The number of amides is 2. The third kappa shape index (κ3) is 6.40. The van der Waals surface area contributed by atoms with Crippen LogP contribution in [0.5, 0.6) is 5.75 Å². The van der Waals surface area contributed by atoms with Gasteiger partial charge in [0.2, 0.25) is 5.91 Å². The van der Waals surface area contributed by atoms with Gasteiger partial charge in [0, 0.05) is 12.8 Å². The molecular formula is C28H27ClN2O6. The van der Waals surface area contributed by atoms with Gasteiger partial charge >= 0.3 is 12.1 Å². The highest BCUT2D eigenvalue weighted by atomic mass is 35.5. The number of benzene rings is 3. The highest BCUT2D eigenvalue weighted by molar-refractivity contribution is 6.32. The number of hydrogen-bond donors (Lipinski definition) is 2. The zero-order valence-corrected chi connectivity index (χ0v) is 21.0. The zero-order chi connectivity index (χ0) is 26.4. The molecule has 37 heavy (non-hydrogen) atoms. The minimum Gasteiger partial charge on any atom is -0.495 e. The van der Waals surface area contributed by atoms with Gasteiger partial charge in [-0.25, -0.2) is 9.59 Å². The van der Waals surface area contributed by atoms with Crippen LogP contribution in [0.25, 0.3) is 0 Å². The second kappa shape index (κ2) is 11.8. The summed E-state index contributed by atoms with van der Waals surface area (Å²) in [4.78, 5) is 39.9. The number of nitrogens with one attached hydrogen (secondary N) is 1. The fourth-order valence-corrected chi connectivity index (χ4v) is 4.57. The number of carbonyl (C=O) groups is 3. The van der Waals surface area contributed by atoms with Gasteiger partial charge in [0.15, 0.2) is 0 Å². The molecule has 0 aliphatic carbocycles. The van der Waals surface area contributed by atoms with Gasteiger partial charge in [-0.3, -0.25) is 9.69 Å². The molecule has 9 heteroatoms. The smallest absolute Gasteiger partial charge is 0.411 e. The number of nitrogens with zero attached hydrogens (tertiary/aromatic N) is 1. The Kier molecular flexibility index (Phi) is 8.30. The zero-order valence-electron chi connectivity index (χ0n) is 20.2. The summed E-state index contributed by atoms with van der Waals surface area (Å²) >= 11 is 6.18. The molecule has 8 nitrogen and oxygen atoms in total. The van der Waals surface area contributed by atoms with Gasteiger partial charge in [0.25, 0.3) is 0 Å². The Balaban J connectivity index is 1.51. The van der Waals surface area contributed by atoms with E-state index < -0.39 is 30.1 Å². The average molecular weight is 523 g/mol. The van der Waals surface area contributed by atoms with Crippen LogP contribution in [0.3, 0.4) is 0 Å². The van der Waals surface area contributed by atoms with Crippen LogP contribution in [0.1, 0.15) is 22.3 Å². The van der Waals surface area contributed by atoms with Gasteiger partial charge in [0.1, 0.15) is 24.4 Å². The Bertz CT molecular complexity index is 1280. The van der Waals surface area contributed by atoms with Crippen molar-refractivity contribution in [3.63, 3.8) is 0 Å². The number of methoxy groups -OCH3 is 1. The van der Waals surface area contributed by atoms with Crippen LogP contribution in [0.2, 0.25) is 5.02 Å². The van der Waals surface area contributed by atoms with Crippen molar-refractivity contribution in [1.29, 1.82) is 0 Å². The van der Waals surface area contributed by atoms with E-state index in [9.17, 15) is 19.5 Å². The predicted molar refractivity (Wildman–Crippen MR) is 137 cm³/mol. The summed E-state index contributed by atoms with van der Waals surface area (Å²) in [5, 5.41) is 12.8. The number of carbonyl (C=O) groups excluding carboxylic acids is 2. The number of fused-ring (bicyclic) bond motifs is 1. The Morgan fingerprint density at radius 1 is 1.03 bits per heavy atom. The second-order valence-corrected chi connectivity index (χ2v) is 9.14. The summed E-state index contributed by atoms with van der Waals surface area (Å²) in [6, 6.07) is 19.5. The molecule has 1 aliphatic heterocycles. The minimum absolute atomic E-state index is 0.00650. The number of carboxylic acids is 1. The molecular weight excluding hydrogens is 496 g/mol. The molecule has 0 saturated carbocycles. The Hall–Kier alpha value is -4.04. The number of aliphatic carboxylic acids is 1. The number of halogens is 1. The van der Waals surface area contributed by atoms with Crippen molar-refractivity contribution in [2.45, 2.75) is 38.1 Å². The number of carboxylic acid groups (broad SMARTS) is 1. The standard InChI is InChI=1S/C28H27ClN2O6/c1-36-25-12-11-19(13-22(25)29)14-23(27(33)34)30-26(32)24-15-20-9-5-6-10-21(20)16-31(24)28(35)37-17-18-7-3-2-4-8-18/h2-13,23-24H,14-17H2,1H3,(H,30,32)(H,33,34)/t23-,24-/m0/s1. The van der Waals surface area contributed by atoms with E-state index in [1.54, 1.807) is 18.2 Å². The Morgan fingerprint density at radius 2 is 1.73 bits per heavy atom. The summed E-state index contributed by atoms with van der Waals surface area (Å²) in [5.74, 6) is -1.31. The monoisotopic (exact) mass is 522 g/mol. The first-order valence-electron chi connectivity index (χ1n) is 11.8. The lowest BCUT2D eigenvalue weighted by molar-refractivity contribution is -0.142. The van der Waals surface area contributed by atoms with Gasteiger partial charge in [-0.1, -0.05) is 72.3 Å². The van der Waals surface area contributed by atoms with Crippen molar-refractivity contribution in [3.05, 3.63) is 100 Å². The van der Waals surface area contributed by atoms with Gasteiger partial charge in [-0.15, -0.1) is 0 Å². The molecule has 2 atom stereocenters. The van der Waals surface area contributed by atoms with Crippen molar-refractivity contribution >= 4 is 29.6 Å². The van der Waals surface area contributed by atoms with Crippen LogP contribution in [0.15, 0.2) is 72.8 Å². The van der Waals surface area contributed by atoms with Crippen LogP contribution in [-0.2, 0) is 40.3 Å². The summed E-state index contributed by atoms with van der Waals surface area (Å²) in [5.41, 5.74) is 3.26. The Morgan fingerprint density at radius 3 is 2.41 bits per heavy atom. The predicted octanol–water partition coefficient (Wildman–Crippen LogP) is 4.22. The first-order chi connectivity index (χ1) is 17.9. The molecule has 192 valence electrons. The lowest BCUT2D eigenvalue weighted by Gasteiger charge is -2.35. The van der Waals surface area contributed by atoms with Crippen molar-refractivity contribution in [1.82, 2.24) is 10.2 Å². The average Bonchev–Trinajstić information content (AvgIpc) is 2.91. The van der Waals surface area contributed by atoms with Crippen molar-refractivity contribution in [3.8, 4) is 5.75 Å². The molecule has 1 heterocycles. The molecule has 0 spiro atoms. The van der Waals surface area contributed by atoms with E-state index in [0.717, 1.165) is 16.7 Å². The van der Waals surface area contributed by atoms with Crippen LogP contribution in [-0.4, -0.2) is 47.2 Å². The van der Waals surface area contributed by atoms with E-state index in [1.165, 1.54) is 12.0 Å². The maximum absolute atomic E-state index is 13.4. The number of ether oxygens (including phenoxy) is 2.